The predicted octanol–water partition coefficient (Wildman–Crippen LogP) is 2.33. The quantitative estimate of drug-likeness (QED) is 0.548. The molecule has 0 aliphatic heterocycles. The summed E-state index contributed by atoms with van der Waals surface area (Å²) in [6.45, 7) is 4.15. The van der Waals surface area contributed by atoms with Gasteiger partial charge in [0.2, 0.25) is 0 Å². The van der Waals surface area contributed by atoms with Gasteiger partial charge in [-0.1, -0.05) is 13.8 Å². The summed E-state index contributed by atoms with van der Waals surface area (Å²) in [6, 6.07) is 4.53. The fourth-order valence-electron chi connectivity index (χ4n) is 2.01. The summed E-state index contributed by atoms with van der Waals surface area (Å²) in [5, 5.41) is 17.8. The van der Waals surface area contributed by atoms with Crippen LogP contribution in [0.3, 0.4) is 0 Å². The highest BCUT2D eigenvalue weighted by atomic mass is 14.4. The van der Waals surface area contributed by atoms with E-state index in [4.69, 9.17) is 10.5 Å². The Labute approximate surface area is 73.8 Å². The van der Waals surface area contributed by atoms with Crippen molar-refractivity contribution in [2.24, 2.45) is 23.7 Å². The number of rotatable bonds is 0. The minimum atomic E-state index is -0.0428. The summed E-state index contributed by atoms with van der Waals surface area (Å²) in [4.78, 5) is 0. The molecule has 2 nitrogen and oxygen atoms in total. The maximum atomic E-state index is 8.88. The Morgan fingerprint density at radius 3 is 1.50 bits per heavy atom. The van der Waals surface area contributed by atoms with Gasteiger partial charge in [-0.2, -0.15) is 10.5 Å². The summed E-state index contributed by atoms with van der Waals surface area (Å²) in [5.74, 6) is 0.712. The number of hydrogen-bond acceptors (Lipinski definition) is 2. The van der Waals surface area contributed by atoms with Crippen LogP contribution in [0.25, 0.3) is 0 Å². The Kier molecular flexibility index (Phi) is 2.71. The summed E-state index contributed by atoms with van der Waals surface area (Å²) >= 11 is 0. The van der Waals surface area contributed by atoms with E-state index in [0.717, 1.165) is 12.8 Å². The Hall–Kier alpha value is -1.02. The minimum Gasteiger partial charge on any atom is -0.198 e. The zero-order valence-corrected chi connectivity index (χ0v) is 7.62. The van der Waals surface area contributed by atoms with E-state index in [2.05, 4.69) is 26.0 Å². The lowest BCUT2D eigenvalue weighted by molar-refractivity contribution is 0.192. The maximum Gasteiger partial charge on any atom is 0.0672 e. The zero-order valence-electron chi connectivity index (χ0n) is 7.62. The molecular weight excluding hydrogens is 148 g/mol. The summed E-state index contributed by atoms with van der Waals surface area (Å²) in [7, 11) is 0. The normalized spacial score (nSPS) is 41.3. The van der Waals surface area contributed by atoms with Crippen molar-refractivity contribution in [1.29, 1.82) is 10.5 Å². The first-order valence-corrected chi connectivity index (χ1v) is 4.50. The van der Waals surface area contributed by atoms with Crippen LogP contribution in [0.15, 0.2) is 0 Å². The third-order valence-corrected chi connectivity index (χ3v) is 2.99. The van der Waals surface area contributed by atoms with E-state index in [-0.39, 0.29) is 11.8 Å². The summed E-state index contributed by atoms with van der Waals surface area (Å²) in [5.41, 5.74) is 0. The molecule has 0 N–H and O–H groups in total. The van der Waals surface area contributed by atoms with Crippen LogP contribution in [0.1, 0.15) is 26.7 Å². The van der Waals surface area contributed by atoms with Gasteiger partial charge in [0, 0.05) is 0 Å². The molecule has 0 aromatic rings. The molecule has 1 rings (SSSR count). The molecule has 0 radical (unpaired) electrons. The first kappa shape index (κ1) is 9.07. The number of nitriles is 2. The molecule has 1 fully saturated rings. The summed E-state index contributed by atoms with van der Waals surface area (Å²) < 4.78 is 0. The van der Waals surface area contributed by atoms with Gasteiger partial charge in [-0.15, -0.1) is 0 Å². The van der Waals surface area contributed by atoms with Crippen LogP contribution in [0.2, 0.25) is 0 Å². The van der Waals surface area contributed by atoms with Crippen molar-refractivity contribution < 1.29 is 0 Å². The first-order valence-electron chi connectivity index (χ1n) is 4.50. The Bertz CT molecular complexity index is 207. The molecule has 0 bridgehead atoms. The molecule has 0 aromatic carbocycles. The second-order valence-corrected chi connectivity index (χ2v) is 3.84. The molecule has 0 heterocycles. The molecule has 4 unspecified atom stereocenters. The van der Waals surface area contributed by atoms with Gasteiger partial charge in [-0.3, -0.25) is 0 Å². The largest absolute Gasteiger partial charge is 0.198 e. The highest BCUT2D eigenvalue weighted by Crippen LogP contribution is 2.37. The van der Waals surface area contributed by atoms with Crippen LogP contribution in [0.4, 0.5) is 0 Å². The average Bonchev–Trinajstić information content (AvgIpc) is 2.08. The third kappa shape index (κ3) is 1.43. The highest BCUT2D eigenvalue weighted by molar-refractivity contribution is 5.04. The number of hydrogen-bond donors (Lipinski definition) is 0. The van der Waals surface area contributed by atoms with Gasteiger partial charge in [0.25, 0.3) is 0 Å². The zero-order chi connectivity index (χ0) is 9.14. The van der Waals surface area contributed by atoms with E-state index in [1.54, 1.807) is 0 Å². The van der Waals surface area contributed by atoms with Gasteiger partial charge in [0.1, 0.15) is 0 Å². The molecule has 0 amide bonds. The molecule has 64 valence electrons. The molecule has 12 heavy (non-hydrogen) atoms. The molecule has 0 spiro atoms. The highest BCUT2D eigenvalue weighted by Gasteiger charge is 2.35. The topological polar surface area (TPSA) is 47.6 Å². The van der Waals surface area contributed by atoms with Crippen LogP contribution in [0.5, 0.6) is 0 Å². The maximum absolute atomic E-state index is 8.88. The van der Waals surface area contributed by atoms with Gasteiger partial charge >= 0.3 is 0 Å². The van der Waals surface area contributed by atoms with E-state index in [0.29, 0.717) is 11.8 Å². The van der Waals surface area contributed by atoms with E-state index < -0.39 is 0 Å². The fourth-order valence-corrected chi connectivity index (χ4v) is 2.01. The van der Waals surface area contributed by atoms with Crippen molar-refractivity contribution in [2.45, 2.75) is 26.7 Å². The van der Waals surface area contributed by atoms with Crippen molar-refractivity contribution >= 4 is 0 Å². The smallest absolute Gasteiger partial charge is 0.0672 e. The molecule has 1 saturated carbocycles. The van der Waals surface area contributed by atoms with Crippen molar-refractivity contribution in [1.82, 2.24) is 0 Å². The second kappa shape index (κ2) is 3.59. The standard InChI is InChI=1S/C10H14N2/c1-7-3-4-8(2)10(6-12)9(7)5-11/h7-10H,3-4H2,1-2H3. The lowest BCUT2D eigenvalue weighted by Crippen LogP contribution is -2.30. The molecule has 4 atom stereocenters. The van der Waals surface area contributed by atoms with Crippen molar-refractivity contribution in [3.8, 4) is 12.1 Å². The van der Waals surface area contributed by atoms with Gasteiger partial charge < -0.3 is 0 Å². The SMILES string of the molecule is CC1CCC(C)C(C#N)C1C#N. The molecule has 0 aromatic heterocycles. The monoisotopic (exact) mass is 162 g/mol. The van der Waals surface area contributed by atoms with E-state index in [1.807, 2.05) is 0 Å². The van der Waals surface area contributed by atoms with Crippen LogP contribution in [0, 0.1) is 46.3 Å². The third-order valence-electron chi connectivity index (χ3n) is 2.99. The predicted molar refractivity (Wildman–Crippen MR) is 45.8 cm³/mol. The van der Waals surface area contributed by atoms with Crippen LogP contribution >= 0.6 is 0 Å². The van der Waals surface area contributed by atoms with Gasteiger partial charge in [-0.25, -0.2) is 0 Å². The van der Waals surface area contributed by atoms with Crippen LogP contribution in [-0.2, 0) is 0 Å². The van der Waals surface area contributed by atoms with E-state index >= 15 is 0 Å². The second-order valence-electron chi connectivity index (χ2n) is 3.84. The van der Waals surface area contributed by atoms with Gasteiger partial charge in [-0.05, 0) is 24.7 Å². The first-order chi connectivity index (χ1) is 5.70. The fraction of sp³-hybridized carbons (Fsp3) is 0.800. The summed E-state index contributed by atoms with van der Waals surface area (Å²) in [6.07, 6.45) is 2.19. The molecular formula is C10H14N2. The van der Waals surface area contributed by atoms with Crippen molar-refractivity contribution in [3.05, 3.63) is 0 Å². The van der Waals surface area contributed by atoms with Crippen LogP contribution < -0.4 is 0 Å². The Morgan fingerprint density at radius 2 is 1.25 bits per heavy atom. The molecule has 1 aliphatic rings. The minimum absolute atomic E-state index is 0.0428. The van der Waals surface area contributed by atoms with E-state index in [1.165, 1.54) is 0 Å². The number of nitrogens with zero attached hydrogens (tertiary/aromatic N) is 2. The van der Waals surface area contributed by atoms with Gasteiger partial charge in [0.15, 0.2) is 0 Å². The van der Waals surface area contributed by atoms with E-state index in [9.17, 15) is 0 Å². The Morgan fingerprint density at radius 1 is 0.917 bits per heavy atom. The van der Waals surface area contributed by atoms with Crippen molar-refractivity contribution in [3.63, 3.8) is 0 Å². The Balaban J connectivity index is 2.78. The average molecular weight is 162 g/mol. The lowest BCUT2D eigenvalue weighted by Gasteiger charge is -2.32. The molecule has 0 saturated heterocycles. The lowest BCUT2D eigenvalue weighted by atomic mass is 9.69. The van der Waals surface area contributed by atoms with Gasteiger partial charge in [0.05, 0.1) is 24.0 Å². The molecule has 2 heteroatoms. The molecule has 1 aliphatic carbocycles. The van der Waals surface area contributed by atoms with Crippen molar-refractivity contribution in [2.75, 3.05) is 0 Å². The van der Waals surface area contributed by atoms with Crippen LogP contribution in [-0.4, -0.2) is 0 Å².